The number of hydrogen-bond acceptors (Lipinski definition) is 2. The summed E-state index contributed by atoms with van der Waals surface area (Å²) >= 11 is 0. The van der Waals surface area contributed by atoms with Crippen molar-refractivity contribution in [3.8, 4) is 0 Å². The second kappa shape index (κ2) is 4.75. The number of rotatable bonds is 4. The summed E-state index contributed by atoms with van der Waals surface area (Å²) in [7, 11) is 0. The number of fused-ring (bicyclic) bond motifs is 1. The molecule has 0 aliphatic carbocycles. The number of carboxylic acid groups (broad SMARTS) is 1. The molecule has 0 bridgehead atoms. The van der Waals surface area contributed by atoms with E-state index in [-0.39, 0.29) is 6.42 Å². The lowest BCUT2D eigenvalue weighted by molar-refractivity contribution is -0.137. The molecule has 1 heterocycles. The summed E-state index contributed by atoms with van der Waals surface area (Å²) in [6.45, 7) is 0. The molecular weight excluding hydrogens is 202 g/mol. The van der Waals surface area contributed by atoms with Gasteiger partial charge in [0.2, 0.25) is 0 Å². The molecule has 0 saturated heterocycles. The number of aryl methyl sites for hydroxylation is 1. The van der Waals surface area contributed by atoms with Crippen LogP contribution in [0.4, 0.5) is 0 Å². The highest BCUT2D eigenvalue weighted by atomic mass is 16.4. The molecule has 0 unspecified atom stereocenters. The Morgan fingerprint density at radius 3 is 2.88 bits per heavy atom. The summed E-state index contributed by atoms with van der Waals surface area (Å²) in [5, 5.41) is 9.70. The Hall–Kier alpha value is -1.90. The van der Waals surface area contributed by atoms with E-state index >= 15 is 0 Å². The van der Waals surface area contributed by atoms with E-state index in [1.165, 1.54) is 0 Å². The SMILES string of the molecule is O=C(O)CCCc1cccc2cccnc12. The van der Waals surface area contributed by atoms with Gasteiger partial charge in [0, 0.05) is 18.0 Å². The molecule has 16 heavy (non-hydrogen) atoms. The topological polar surface area (TPSA) is 50.2 Å². The Morgan fingerprint density at radius 2 is 2.06 bits per heavy atom. The number of nitrogens with zero attached hydrogens (tertiary/aromatic N) is 1. The molecule has 0 amide bonds. The number of para-hydroxylation sites is 1. The molecule has 0 atom stereocenters. The fraction of sp³-hybridized carbons (Fsp3) is 0.231. The van der Waals surface area contributed by atoms with Gasteiger partial charge in [0.25, 0.3) is 0 Å². The maximum absolute atomic E-state index is 10.4. The largest absolute Gasteiger partial charge is 0.481 e. The molecule has 3 nitrogen and oxygen atoms in total. The van der Waals surface area contributed by atoms with Gasteiger partial charge < -0.3 is 5.11 Å². The van der Waals surface area contributed by atoms with Gasteiger partial charge in [0.05, 0.1) is 5.52 Å². The predicted molar refractivity (Wildman–Crippen MR) is 62.3 cm³/mol. The molecule has 1 aromatic heterocycles. The van der Waals surface area contributed by atoms with Crippen LogP contribution in [0.25, 0.3) is 10.9 Å². The van der Waals surface area contributed by atoms with Crippen LogP contribution in [-0.4, -0.2) is 16.1 Å². The molecule has 2 aromatic rings. The summed E-state index contributed by atoms with van der Waals surface area (Å²) in [4.78, 5) is 14.8. The Balaban J connectivity index is 2.20. The van der Waals surface area contributed by atoms with E-state index in [0.717, 1.165) is 22.9 Å². The number of carboxylic acids is 1. The number of benzene rings is 1. The number of carbonyl (C=O) groups is 1. The molecule has 0 aliphatic heterocycles. The first-order valence-electron chi connectivity index (χ1n) is 5.32. The van der Waals surface area contributed by atoms with Gasteiger partial charge in [-0.3, -0.25) is 9.78 Å². The van der Waals surface area contributed by atoms with Crippen molar-refractivity contribution in [3.63, 3.8) is 0 Å². The predicted octanol–water partition coefficient (Wildman–Crippen LogP) is 2.64. The molecule has 2 rings (SSSR count). The Bertz CT molecular complexity index is 503. The van der Waals surface area contributed by atoms with Crippen molar-refractivity contribution in [2.75, 3.05) is 0 Å². The molecule has 0 spiro atoms. The Kier molecular flexibility index (Phi) is 3.15. The minimum absolute atomic E-state index is 0.212. The minimum atomic E-state index is -0.742. The van der Waals surface area contributed by atoms with E-state index in [4.69, 9.17) is 5.11 Å². The Morgan fingerprint density at radius 1 is 1.25 bits per heavy atom. The van der Waals surface area contributed by atoms with Gasteiger partial charge >= 0.3 is 5.97 Å². The fourth-order valence-corrected chi connectivity index (χ4v) is 1.80. The molecule has 1 N–H and O–H groups in total. The van der Waals surface area contributed by atoms with Crippen molar-refractivity contribution in [1.29, 1.82) is 0 Å². The van der Waals surface area contributed by atoms with Gasteiger partial charge in [-0.05, 0) is 24.5 Å². The summed E-state index contributed by atoms with van der Waals surface area (Å²) in [6, 6.07) is 9.94. The van der Waals surface area contributed by atoms with E-state index in [0.29, 0.717) is 6.42 Å². The van der Waals surface area contributed by atoms with Crippen LogP contribution in [0.5, 0.6) is 0 Å². The molecule has 0 aliphatic rings. The third-order valence-corrected chi connectivity index (χ3v) is 2.55. The molecular formula is C13H13NO2. The van der Waals surface area contributed by atoms with Crippen LogP contribution in [0.3, 0.4) is 0 Å². The van der Waals surface area contributed by atoms with Crippen molar-refractivity contribution >= 4 is 16.9 Å². The average Bonchev–Trinajstić information content (AvgIpc) is 2.29. The summed E-state index contributed by atoms with van der Waals surface area (Å²) in [5.41, 5.74) is 2.11. The maximum Gasteiger partial charge on any atom is 0.303 e. The number of aliphatic carboxylic acids is 1. The van der Waals surface area contributed by atoms with Crippen LogP contribution in [-0.2, 0) is 11.2 Å². The molecule has 0 saturated carbocycles. The highest BCUT2D eigenvalue weighted by molar-refractivity contribution is 5.81. The third kappa shape index (κ3) is 2.37. The van der Waals surface area contributed by atoms with E-state index in [2.05, 4.69) is 4.98 Å². The second-order valence-corrected chi connectivity index (χ2v) is 3.74. The normalized spacial score (nSPS) is 10.5. The first-order valence-corrected chi connectivity index (χ1v) is 5.32. The van der Waals surface area contributed by atoms with Crippen molar-refractivity contribution in [1.82, 2.24) is 4.98 Å². The zero-order valence-electron chi connectivity index (χ0n) is 8.89. The summed E-state index contributed by atoms with van der Waals surface area (Å²) < 4.78 is 0. The lowest BCUT2D eigenvalue weighted by atomic mass is 10.0. The molecule has 0 fully saturated rings. The van der Waals surface area contributed by atoms with Gasteiger partial charge in [0.15, 0.2) is 0 Å². The fourth-order valence-electron chi connectivity index (χ4n) is 1.80. The van der Waals surface area contributed by atoms with E-state index in [1.54, 1.807) is 6.20 Å². The molecule has 82 valence electrons. The standard InChI is InChI=1S/C13H13NO2/c15-12(16)8-2-6-10-4-1-5-11-7-3-9-14-13(10)11/h1,3-5,7,9H,2,6,8H2,(H,15,16). The van der Waals surface area contributed by atoms with Crippen LogP contribution < -0.4 is 0 Å². The van der Waals surface area contributed by atoms with Crippen LogP contribution in [0.15, 0.2) is 36.5 Å². The van der Waals surface area contributed by atoms with E-state index in [9.17, 15) is 4.79 Å². The van der Waals surface area contributed by atoms with Gasteiger partial charge in [-0.15, -0.1) is 0 Å². The van der Waals surface area contributed by atoms with Gasteiger partial charge in [-0.25, -0.2) is 0 Å². The number of aromatic nitrogens is 1. The highest BCUT2D eigenvalue weighted by Gasteiger charge is 2.03. The summed E-state index contributed by atoms with van der Waals surface area (Å²) in [6.07, 6.45) is 3.40. The van der Waals surface area contributed by atoms with Crippen LogP contribution in [0, 0.1) is 0 Å². The number of hydrogen-bond donors (Lipinski definition) is 1. The first-order chi connectivity index (χ1) is 7.77. The third-order valence-electron chi connectivity index (χ3n) is 2.55. The zero-order chi connectivity index (χ0) is 11.4. The van der Waals surface area contributed by atoms with Gasteiger partial charge in [-0.2, -0.15) is 0 Å². The monoisotopic (exact) mass is 215 g/mol. The lowest BCUT2D eigenvalue weighted by Gasteiger charge is -2.04. The molecule has 3 heteroatoms. The van der Waals surface area contributed by atoms with Crippen molar-refractivity contribution < 1.29 is 9.90 Å². The minimum Gasteiger partial charge on any atom is -0.481 e. The van der Waals surface area contributed by atoms with E-state index < -0.39 is 5.97 Å². The second-order valence-electron chi connectivity index (χ2n) is 3.74. The quantitative estimate of drug-likeness (QED) is 0.852. The van der Waals surface area contributed by atoms with Gasteiger partial charge in [-0.1, -0.05) is 24.3 Å². The van der Waals surface area contributed by atoms with Crippen molar-refractivity contribution in [2.45, 2.75) is 19.3 Å². The summed E-state index contributed by atoms with van der Waals surface area (Å²) in [5.74, 6) is -0.742. The van der Waals surface area contributed by atoms with Crippen molar-refractivity contribution in [2.24, 2.45) is 0 Å². The zero-order valence-corrected chi connectivity index (χ0v) is 8.89. The van der Waals surface area contributed by atoms with Crippen LogP contribution >= 0.6 is 0 Å². The lowest BCUT2D eigenvalue weighted by Crippen LogP contribution is -1.96. The van der Waals surface area contributed by atoms with E-state index in [1.807, 2.05) is 30.3 Å². The van der Waals surface area contributed by atoms with Crippen LogP contribution in [0.2, 0.25) is 0 Å². The highest BCUT2D eigenvalue weighted by Crippen LogP contribution is 2.17. The van der Waals surface area contributed by atoms with Gasteiger partial charge in [0.1, 0.15) is 0 Å². The maximum atomic E-state index is 10.4. The Labute approximate surface area is 93.7 Å². The smallest absolute Gasteiger partial charge is 0.303 e. The average molecular weight is 215 g/mol. The molecule has 1 aromatic carbocycles. The molecule has 0 radical (unpaired) electrons. The number of pyridine rings is 1. The first kappa shape index (κ1) is 10.6. The van der Waals surface area contributed by atoms with Crippen molar-refractivity contribution in [3.05, 3.63) is 42.1 Å². The van der Waals surface area contributed by atoms with Crippen LogP contribution in [0.1, 0.15) is 18.4 Å².